The van der Waals surface area contributed by atoms with Gasteiger partial charge in [-0.05, 0) is 42.1 Å². The molecule has 0 radical (unpaired) electrons. The van der Waals surface area contributed by atoms with Crippen molar-refractivity contribution in [2.24, 2.45) is 0 Å². The topological polar surface area (TPSA) is 66.5 Å². The summed E-state index contributed by atoms with van der Waals surface area (Å²) in [4.78, 5) is 19.0. The molecule has 2 aromatic carbocycles. The zero-order valence-electron chi connectivity index (χ0n) is 17.1. The van der Waals surface area contributed by atoms with Crippen LogP contribution >= 0.6 is 0 Å². The summed E-state index contributed by atoms with van der Waals surface area (Å²) in [5.41, 5.74) is 5.81. The van der Waals surface area contributed by atoms with Gasteiger partial charge in [0.2, 0.25) is 0 Å². The van der Waals surface area contributed by atoms with Gasteiger partial charge in [-0.15, -0.1) is 0 Å². The Bertz CT molecular complexity index is 1110. The molecular weight excluding hydrogens is 388 g/mol. The first-order chi connectivity index (χ1) is 15.3. The summed E-state index contributed by atoms with van der Waals surface area (Å²) in [6.07, 6.45) is 4.72. The minimum absolute atomic E-state index is 0.442. The molecule has 0 spiro atoms. The number of hydrogen-bond donors (Lipinski definition) is 2. The summed E-state index contributed by atoms with van der Waals surface area (Å²) in [5.74, 6) is 0.685. The number of ether oxygens (including phenoxy) is 1. The molecule has 1 unspecified atom stereocenters. The van der Waals surface area contributed by atoms with Crippen molar-refractivity contribution >= 4 is 29.6 Å². The summed E-state index contributed by atoms with van der Waals surface area (Å²) >= 11 is 0. The predicted octanol–water partition coefficient (Wildman–Crippen LogP) is 4.14. The predicted molar refractivity (Wildman–Crippen MR) is 123 cm³/mol. The normalized spacial score (nSPS) is 17.5. The van der Waals surface area contributed by atoms with Crippen molar-refractivity contribution in [3.05, 3.63) is 78.0 Å². The minimum Gasteiger partial charge on any atom is -0.378 e. The molecule has 3 heterocycles. The average molecular weight is 412 g/mol. The fourth-order valence-electron chi connectivity index (χ4n) is 4.06. The number of nitrogens with one attached hydrogen (secondary N) is 2. The molecule has 31 heavy (non-hydrogen) atoms. The Hall–Kier alpha value is -3.64. The van der Waals surface area contributed by atoms with Crippen LogP contribution in [0.2, 0.25) is 0 Å². The Balaban J connectivity index is 1.55. The Labute approximate surface area is 181 Å². The molecule has 0 saturated carbocycles. The number of carbonyl (C=O) groups is 1. The third-order valence-electron chi connectivity index (χ3n) is 5.63. The SMILES string of the molecule is O=CC1NC=Cc2cc(-c3ccccc3)nc(Nc3cccc(N4CCOCC4)c3)c21. The Kier molecular flexibility index (Phi) is 5.37. The van der Waals surface area contributed by atoms with Crippen molar-refractivity contribution < 1.29 is 9.53 Å². The highest BCUT2D eigenvalue weighted by atomic mass is 16.5. The maximum absolute atomic E-state index is 11.8. The molecule has 1 atom stereocenters. The van der Waals surface area contributed by atoms with Crippen LogP contribution in [-0.4, -0.2) is 37.6 Å². The van der Waals surface area contributed by atoms with Crippen molar-refractivity contribution in [3.8, 4) is 11.3 Å². The molecule has 0 aliphatic carbocycles. The molecule has 1 aromatic heterocycles. The monoisotopic (exact) mass is 412 g/mol. The zero-order valence-corrected chi connectivity index (χ0v) is 17.1. The fourth-order valence-corrected chi connectivity index (χ4v) is 4.06. The van der Waals surface area contributed by atoms with Crippen LogP contribution in [0, 0.1) is 0 Å². The molecule has 6 nitrogen and oxygen atoms in total. The summed E-state index contributed by atoms with van der Waals surface area (Å²) in [5, 5.41) is 6.61. The van der Waals surface area contributed by atoms with Crippen LogP contribution in [0.4, 0.5) is 17.2 Å². The molecule has 2 aliphatic heterocycles. The number of rotatable bonds is 5. The van der Waals surface area contributed by atoms with Crippen molar-refractivity contribution in [2.45, 2.75) is 6.04 Å². The lowest BCUT2D eigenvalue weighted by Gasteiger charge is -2.29. The number of pyridine rings is 1. The fraction of sp³-hybridized carbons (Fsp3) is 0.200. The van der Waals surface area contributed by atoms with Crippen LogP contribution in [0.5, 0.6) is 0 Å². The van der Waals surface area contributed by atoms with E-state index in [1.54, 1.807) is 0 Å². The van der Waals surface area contributed by atoms with Gasteiger partial charge in [0.25, 0.3) is 0 Å². The third kappa shape index (κ3) is 4.02. The molecule has 156 valence electrons. The summed E-state index contributed by atoms with van der Waals surface area (Å²) in [6, 6.07) is 20.0. The number of fused-ring (bicyclic) bond motifs is 1. The van der Waals surface area contributed by atoms with E-state index in [9.17, 15) is 4.79 Å². The van der Waals surface area contributed by atoms with Gasteiger partial charge in [0, 0.05) is 35.6 Å². The van der Waals surface area contributed by atoms with Crippen LogP contribution in [0.15, 0.2) is 66.9 Å². The van der Waals surface area contributed by atoms with Crippen LogP contribution < -0.4 is 15.5 Å². The lowest BCUT2D eigenvalue weighted by atomic mass is 9.97. The Morgan fingerprint density at radius 1 is 1.06 bits per heavy atom. The number of nitrogens with zero attached hydrogens (tertiary/aromatic N) is 2. The lowest BCUT2D eigenvalue weighted by Crippen LogP contribution is -2.36. The molecular formula is C25H24N4O2. The average Bonchev–Trinajstić information content (AvgIpc) is 2.85. The van der Waals surface area contributed by atoms with E-state index in [0.29, 0.717) is 5.82 Å². The summed E-state index contributed by atoms with van der Waals surface area (Å²) in [6.45, 7) is 3.24. The number of anilines is 3. The maximum Gasteiger partial charge on any atom is 0.146 e. The molecule has 3 aromatic rings. The van der Waals surface area contributed by atoms with E-state index in [1.165, 1.54) is 0 Å². The Morgan fingerprint density at radius 2 is 1.90 bits per heavy atom. The molecule has 2 N–H and O–H groups in total. The van der Waals surface area contributed by atoms with E-state index in [-0.39, 0.29) is 0 Å². The van der Waals surface area contributed by atoms with Crippen LogP contribution in [0.25, 0.3) is 17.3 Å². The summed E-state index contributed by atoms with van der Waals surface area (Å²) in [7, 11) is 0. The molecule has 1 saturated heterocycles. The number of hydrogen-bond acceptors (Lipinski definition) is 6. The highest BCUT2D eigenvalue weighted by Crippen LogP contribution is 2.34. The van der Waals surface area contributed by atoms with Gasteiger partial charge in [-0.3, -0.25) is 0 Å². The van der Waals surface area contributed by atoms with Crippen molar-refractivity contribution in [1.82, 2.24) is 10.3 Å². The number of morpholine rings is 1. The van der Waals surface area contributed by atoms with Gasteiger partial charge in [-0.25, -0.2) is 4.98 Å². The third-order valence-corrected chi connectivity index (χ3v) is 5.63. The van der Waals surface area contributed by atoms with E-state index in [2.05, 4.69) is 27.7 Å². The largest absolute Gasteiger partial charge is 0.378 e. The number of carbonyl (C=O) groups excluding carboxylic acids is 1. The molecule has 6 heteroatoms. The van der Waals surface area contributed by atoms with E-state index in [0.717, 1.165) is 66.3 Å². The second-order valence-corrected chi connectivity index (χ2v) is 7.61. The highest BCUT2D eigenvalue weighted by Gasteiger charge is 2.23. The van der Waals surface area contributed by atoms with Gasteiger partial charge in [0.15, 0.2) is 0 Å². The molecule has 2 aliphatic rings. The van der Waals surface area contributed by atoms with Gasteiger partial charge in [-0.1, -0.05) is 36.4 Å². The number of benzene rings is 2. The first-order valence-electron chi connectivity index (χ1n) is 10.5. The summed E-state index contributed by atoms with van der Waals surface area (Å²) < 4.78 is 5.47. The van der Waals surface area contributed by atoms with Gasteiger partial charge >= 0.3 is 0 Å². The first-order valence-corrected chi connectivity index (χ1v) is 10.5. The van der Waals surface area contributed by atoms with Gasteiger partial charge < -0.3 is 25.1 Å². The van der Waals surface area contributed by atoms with Crippen LogP contribution in [0.1, 0.15) is 17.2 Å². The number of aromatic nitrogens is 1. The zero-order chi connectivity index (χ0) is 21.0. The number of aldehydes is 1. The molecule has 0 bridgehead atoms. The Morgan fingerprint density at radius 3 is 2.71 bits per heavy atom. The standard InChI is InChI=1S/C25H24N4O2/c30-17-23-24-19(9-10-26-23)15-22(18-5-2-1-3-6-18)28-25(24)27-20-7-4-8-21(16-20)29-11-13-31-14-12-29/h1-10,15-17,23,26H,11-14H2,(H,27,28). The van der Waals surface area contributed by atoms with Crippen molar-refractivity contribution in [2.75, 3.05) is 36.5 Å². The lowest BCUT2D eigenvalue weighted by molar-refractivity contribution is -0.109. The smallest absolute Gasteiger partial charge is 0.146 e. The highest BCUT2D eigenvalue weighted by molar-refractivity contribution is 5.80. The van der Waals surface area contributed by atoms with Gasteiger partial charge in [0.05, 0.1) is 18.9 Å². The quantitative estimate of drug-likeness (QED) is 0.614. The van der Waals surface area contributed by atoms with Crippen molar-refractivity contribution in [1.29, 1.82) is 0 Å². The van der Waals surface area contributed by atoms with Crippen LogP contribution in [-0.2, 0) is 9.53 Å². The molecule has 1 fully saturated rings. The maximum atomic E-state index is 11.8. The van der Waals surface area contributed by atoms with E-state index >= 15 is 0 Å². The minimum atomic E-state index is -0.442. The van der Waals surface area contributed by atoms with E-state index < -0.39 is 6.04 Å². The van der Waals surface area contributed by atoms with E-state index in [4.69, 9.17) is 9.72 Å². The van der Waals surface area contributed by atoms with Crippen molar-refractivity contribution in [3.63, 3.8) is 0 Å². The van der Waals surface area contributed by atoms with Gasteiger partial charge in [-0.2, -0.15) is 0 Å². The van der Waals surface area contributed by atoms with Gasteiger partial charge in [0.1, 0.15) is 18.1 Å². The van der Waals surface area contributed by atoms with Crippen LogP contribution in [0.3, 0.4) is 0 Å². The second kappa shape index (κ2) is 8.62. The van der Waals surface area contributed by atoms with E-state index in [1.807, 2.05) is 60.8 Å². The first kappa shape index (κ1) is 19.3. The second-order valence-electron chi connectivity index (χ2n) is 7.61. The molecule has 5 rings (SSSR count). The molecule has 0 amide bonds.